The Bertz CT molecular complexity index is 592. The van der Waals surface area contributed by atoms with E-state index in [1.807, 2.05) is 6.07 Å². The number of thiophene rings is 1. The van der Waals surface area contributed by atoms with Crippen LogP contribution in [-0.2, 0) is 13.0 Å². The molecular formula is C14H15NO3S. The molecule has 0 spiro atoms. The zero-order valence-corrected chi connectivity index (χ0v) is 11.4. The molecule has 19 heavy (non-hydrogen) atoms. The fraction of sp³-hybridized carbons (Fsp3) is 0.214. The first-order chi connectivity index (χ1) is 9.10. The number of nitrogen functional groups attached to an aromatic ring is 1. The number of carboxylic acids is 1. The number of anilines is 1. The molecule has 5 heteroatoms. The summed E-state index contributed by atoms with van der Waals surface area (Å²) in [6, 6.07) is 8.74. The molecule has 0 atom stereocenters. The zero-order valence-electron chi connectivity index (χ0n) is 10.6. The van der Waals surface area contributed by atoms with Crippen LogP contribution in [0.3, 0.4) is 0 Å². The largest absolute Gasteiger partial charge is 0.488 e. The molecule has 0 amide bonds. The van der Waals surface area contributed by atoms with E-state index in [-0.39, 0.29) is 11.3 Å². The van der Waals surface area contributed by atoms with Crippen LogP contribution in [0, 0.1) is 0 Å². The Labute approximate surface area is 115 Å². The van der Waals surface area contributed by atoms with Gasteiger partial charge in [0.15, 0.2) is 0 Å². The van der Waals surface area contributed by atoms with E-state index in [0.29, 0.717) is 12.4 Å². The van der Waals surface area contributed by atoms with Crippen molar-refractivity contribution >= 4 is 23.0 Å². The number of hydrogen-bond acceptors (Lipinski definition) is 4. The monoisotopic (exact) mass is 277 g/mol. The number of rotatable bonds is 5. The van der Waals surface area contributed by atoms with Crippen LogP contribution in [0.4, 0.5) is 5.69 Å². The van der Waals surface area contributed by atoms with Crippen LogP contribution in [-0.4, -0.2) is 11.1 Å². The summed E-state index contributed by atoms with van der Waals surface area (Å²) in [4.78, 5) is 13.3. The van der Waals surface area contributed by atoms with Gasteiger partial charge < -0.3 is 15.6 Å². The summed E-state index contributed by atoms with van der Waals surface area (Å²) < 4.78 is 5.60. The summed E-state index contributed by atoms with van der Waals surface area (Å²) in [6.07, 6.45) is 1.02. The van der Waals surface area contributed by atoms with E-state index in [9.17, 15) is 4.79 Å². The van der Waals surface area contributed by atoms with Gasteiger partial charge in [0, 0.05) is 21.5 Å². The SMILES string of the molecule is CCc1ccc(COc2ccc(C(=O)O)c(N)c2)s1. The van der Waals surface area contributed by atoms with Gasteiger partial charge in [-0.1, -0.05) is 6.92 Å². The van der Waals surface area contributed by atoms with Crippen molar-refractivity contribution < 1.29 is 14.6 Å². The second-order valence-electron chi connectivity index (χ2n) is 4.06. The highest BCUT2D eigenvalue weighted by Gasteiger charge is 2.08. The number of aryl methyl sites for hydroxylation is 1. The molecule has 2 aromatic rings. The molecule has 0 aliphatic rings. The Hall–Kier alpha value is -2.01. The number of aromatic carboxylic acids is 1. The molecule has 0 aliphatic carbocycles. The third-order valence-electron chi connectivity index (χ3n) is 2.70. The Morgan fingerprint density at radius 1 is 1.32 bits per heavy atom. The van der Waals surface area contributed by atoms with Gasteiger partial charge in [-0.15, -0.1) is 11.3 Å². The van der Waals surface area contributed by atoms with E-state index in [4.69, 9.17) is 15.6 Å². The summed E-state index contributed by atoms with van der Waals surface area (Å²) >= 11 is 1.71. The van der Waals surface area contributed by atoms with Crippen LogP contribution in [0.1, 0.15) is 27.0 Å². The summed E-state index contributed by atoms with van der Waals surface area (Å²) in [6.45, 7) is 2.58. The number of carboxylic acid groups (broad SMARTS) is 1. The molecule has 0 saturated carbocycles. The summed E-state index contributed by atoms with van der Waals surface area (Å²) in [5.41, 5.74) is 5.97. The second kappa shape index (κ2) is 5.75. The van der Waals surface area contributed by atoms with Crippen LogP contribution < -0.4 is 10.5 Å². The Morgan fingerprint density at radius 3 is 2.63 bits per heavy atom. The van der Waals surface area contributed by atoms with Crippen LogP contribution in [0.2, 0.25) is 0 Å². The van der Waals surface area contributed by atoms with E-state index < -0.39 is 5.97 Å². The number of carbonyl (C=O) groups is 1. The molecular weight excluding hydrogens is 262 g/mol. The lowest BCUT2D eigenvalue weighted by molar-refractivity contribution is 0.0698. The molecule has 0 bridgehead atoms. The Kier molecular flexibility index (Phi) is 4.06. The molecule has 1 aromatic heterocycles. The fourth-order valence-electron chi connectivity index (χ4n) is 1.67. The molecule has 0 unspecified atom stereocenters. The van der Waals surface area contributed by atoms with Gasteiger partial charge >= 0.3 is 5.97 Å². The molecule has 1 aromatic carbocycles. The molecule has 0 saturated heterocycles. The number of hydrogen-bond donors (Lipinski definition) is 2. The zero-order chi connectivity index (χ0) is 13.8. The Morgan fingerprint density at radius 2 is 2.05 bits per heavy atom. The third-order valence-corrected chi connectivity index (χ3v) is 3.90. The number of nitrogens with two attached hydrogens (primary N) is 1. The van der Waals surface area contributed by atoms with Crippen LogP contribution in [0.25, 0.3) is 0 Å². The topological polar surface area (TPSA) is 72.5 Å². The van der Waals surface area contributed by atoms with Gasteiger partial charge in [-0.05, 0) is 30.7 Å². The highest BCUT2D eigenvalue weighted by atomic mass is 32.1. The van der Waals surface area contributed by atoms with E-state index >= 15 is 0 Å². The first-order valence-corrected chi connectivity index (χ1v) is 6.75. The van der Waals surface area contributed by atoms with E-state index in [1.165, 1.54) is 17.0 Å². The predicted molar refractivity (Wildman–Crippen MR) is 75.8 cm³/mol. The van der Waals surface area contributed by atoms with Gasteiger partial charge in [-0.2, -0.15) is 0 Å². The summed E-state index contributed by atoms with van der Waals surface area (Å²) in [5, 5.41) is 8.88. The standard InChI is InChI=1S/C14H15NO3S/c1-2-10-4-5-11(19-10)8-18-9-3-6-12(14(16)17)13(15)7-9/h3-7H,2,8,15H2,1H3,(H,16,17). The minimum absolute atomic E-state index is 0.0942. The van der Waals surface area contributed by atoms with Crippen LogP contribution in [0.5, 0.6) is 5.75 Å². The molecule has 0 radical (unpaired) electrons. The number of ether oxygens (including phenoxy) is 1. The van der Waals surface area contributed by atoms with Crippen molar-refractivity contribution in [3.63, 3.8) is 0 Å². The maximum Gasteiger partial charge on any atom is 0.337 e. The van der Waals surface area contributed by atoms with Gasteiger partial charge in [0.05, 0.1) is 5.56 Å². The van der Waals surface area contributed by atoms with Gasteiger partial charge in [0.2, 0.25) is 0 Å². The van der Waals surface area contributed by atoms with E-state index in [0.717, 1.165) is 11.3 Å². The molecule has 100 valence electrons. The first-order valence-electron chi connectivity index (χ1n) is 5.93. The predicted octanol–water partition coefficient (Wildman–Crippen LogP) is 3.17. The highest BCUT2D eigenvalue weighted by molar-refractivity contribution is 7.11. The van der Waals surface area contributed by atoms with Gasteiger partial charge in [-0.3, -0.25) is 0 Å². The van der Waals surface area contributed by atoms with Crippen molar-refractivity contribution in [1.29, 1.82) is 0 Å². The molecule has 3 N–H and O–H groups in total. The molecule has 0 fully saturated rings. The van der Waals surface area contributed by atoms with Crippen LogP contribution >= 0.6 is 11.3 Å². The van der Waals surface area contributed by atoms with Crippen molar-refractivity contribution in [3.05, 3.63) is 45.6 Å². The summed E-state index contributed by atoms with van der Waals surface area (Å²) in [7, 11) is 0. The van der Waals surface area contributed by atoms with Crippen molar-refractivity contribution in [2.75, 3.05) is 5.73 Å². The minimum atomic E-state index is -1.03. The van der Waals surface area contributed by atoms with E-state index in [1.54, 1.807) is 17.4 Å². The Balaban J connectivity index is 2.03. The molecule has 4 nitrogen and oxygen atoms in total. The lowest BCUT2D eigenvalue weighted by atomic mass is 10.2. The maximum absolute atomic E-state index is 10.8. The second-order valence-corrected chi connectivity index (χ2v) is 5.32. The number of benzene rings is 1. The van der Waals surface area contributed by atoms with Crippen molar-refractivity contribution in [1.82, 2.24) is 0 Å². The van der Waals surface area contributed by atoms with Crippen LogP contribution in [0.15, 0.2) is 30.3 Å². The van der Waals surface area contributed by atoms with Crippen molar-refractivity contribution in [3.8, 4) is 5.75 Å². The minimum Gasteiger partial charge on any atom is -0.488 e. The summed E-state index contributed by atoms with van der Waals surface area (Å²) in [5.74, 6) is -0.455. The van der Waals surface area contributed by atoms with E-state index in [2.05, 4.69) is 13.0 Å². The van der Waals surface area contributed by atoms with Gasteiger partial charge in [0.25, 0.3) is 0 Å². The molecule has 0 aliphatic heterocycles. The highest BCUT2D eigenvalue weighted by Crippen LogP contribution is 2.23. The first kappa shape index (κ1) is 13.4. The van der Waals surface area contributed by atoms with Crippen molar-refractivity contribution in [2.24, 2.45) is 0 Å². The molecule has 2 rings (SSSR count). The lowest BCUT2D eigenvalue weighted by Gasteiger charge is -2.07. The average Bonchev–Trinajstić information content (AvgIpc) is 2.84. The van der Waals surface area contributed by atoms with Crippen molar-refractivity contribution in [2.45, 2.75) is 20.0 Å². The third kappa shape index (κ3) is 3.26. The fourth-order valence-corrected chi connectivity index (χ4v) is 2.54. The molecule has 1 heterocycles. The van der Waals surface area contributed by atoms with Gasteiger partial charge in [-0.25, -0.2) is 4.79 Å². The smallest absolute Gasteiger partial charge is 0.337 e. The average molecular weight is 277 g/mol. The quantitative estimate of drug-likeness (QED) is 0.823. The van der Waals surface area contributed by atoms with Gasteiger partial charge in [0.1, 0.15) is 12.4 Å². The lowest BCUT2D eigenvalue weighted by Crippen LogP contribution is -2.03. The maximum atomic E-state index is 10.8. The normalized spacial score (nSPS) is 10.4.